The van der Waals surface area contributed by atoms with Crippen LogP contribution in [0.25, 0.3) is 0 Å². The SMILES string of the molecule is O=S(=O)([O-])[O-].O=S(=O)([O-])[O-].O=S(=O)([O-])[O-].OO.OO.[Fe+3].[Fe+3]. The van der Waals surface area contributed by atoms with Gasteiger partial charge in [-0.05, 0) is 0 Å². The van der Waals surface area contributed by atoms with Crippen molar-refractivity contribution in [3.8, 4) is 0 Å². The smallest absolute Gasteiger partial charge is 0.759 e. The van der Waals surface area contributed by atoms with Gasteiger partial charge in [0.1, 0.15) is 0 Å². The van der Waals surface area contributed by atoms with Crippen molar-refractivity contribution in [1.29, 1.82) is 0 Å². The topological polar surface area (TPSA) is 322 Å². The Bertz CT molecular complexity index is 342. The van der Waals surface area contributed by atoms with Crippen molar-refractivity contribution in [2.24, 2.45) is 0 Å². The zero-order valence-corrected chi connectivity index (χ0v) is 13.3. The fraction of sp³-hybridized carbons (Fsp3) is 0. The van der Waals surface area contributed by atoms with Crippen LogP contribution in [0.15, 0.2) is 0 Å². The Morgan fingerprint density at radius 2 is 0.429 bits per heavy atom. The van der Waals surface area contributed by atoms with Gasteiger partial charge in [-0.1, -0.05) is 0 Å². The van der Waals surface area contributed by atoms with Crippen molar-refractivity contribution in [2.45, 2.75) is 0 Å². The standard InChI is InChI=1S/2Fe.3H2O4S.2H2O2/c;;3*1-5(2,3)4;2*1-2/h;;3*(H2,1,2,3,4);2*1-2H/q2*+3;;;;;/p-6. The summed E-state index contributed by atoms with van der Waals surface area (Å²) in [6.07, 6.45) is 0. The molecule has 0 bridgehead atoms. The van der Waals surface area contributed by atoms with Crippen LogP contribution < -0.4 is 0 Å². The molecule has 4 N–H and O–H groups in total. The van der Waals surface area contributed by atoms with Crippen LogP contribution in [0.3, 0.4) is 0 Å². The molecule has 0 heterocycles. The summed E-state index contributed by atoms with van der Waals surface area (Å²) < 4.78 is 102. The molecule has 0 unspecified atom stereocenters. The normalized spacial score (nSPS) is 8.86. The molecular weight excluding hydrogens is 464 g/mol. The first-order valence-corrected chi connectivity index (χ1v) is 6.40. The zero-order chi connectivity index (χ0) is 17.5. The van der Waals surface area contributed by atoms with Gasteiger partial charge in [0.25, 0.3) is 0 Å². The molecule has 134 valence electrons. The van der Waals surface area contributed by atoms with E-state index in [2.05, 4.69) is 0 Å². The van der Waals surface area contributed by atoms with Crippen molar-refractivity contribution in [1.82, 2.24) is 0 Å². The summed E-state index contributed by atoms with van der Waals surface area (Å²) in [5.74, 6) is 0. The van der Waals surface area contributed by atoms with Gasteiger partial charge in [0, 0.05) is 31.2 Å². The van der Waals surface area contributed by atoms with E-state index in [1.165, 1.54) is 0 Å². The van der Waals surface area contributed by atoms with Gasteiger partial charge in [-0.2, -0.15) is 0 Å². The van der Waals surface area contributed by atoms with Gasteiger partial charge in [0.2, 0.25) is 0 Å². The average molecular weight is 468 g/mol. The fourth-order valence-corrected chi connectivity index (χ4v) is 0. The summed E-state index contributed by atoms with van der Waals surface area (Å²) in [5.41, 5.74) is 0. The summed E-state index contributed by atoms with van der Waals surface area (Å²) in [6.45, 7) is 0. The van der Waals surface area contributed by atoms with Gasteiger partial charge in [0.15, 0.2) is 0 Å². The summed E-state index contributed by atoms with van der Waals surface area (Å²) in [5, 5.41) is 24.0. The Kier molecular flexibility index (Phi) is 46.6. The van der Waals surface area contributed by atoms with E-state index in [1.54, 1.807) is 0 Å². The first-order valence-electron chi connectivity index (χ1n) is 2.40. The van der Waals surface area contributed by atoms with E-state index in [-0.39, 0.29) is 34.1 Å². The Labute approximate surface area is 139 Å². The molecule has 0 amide bonds. The van der Waals surface area contributed by atoms with Gasteiger partial charge >= 0.3 is 34.1 Å². The van der Waals surface area contributed by atoms with E-state index in [0.29, 0.717) is 0 Å². The van der Waals surface area contributed by atoms with E-state index < -0.39 is 31.2 Å². The largest absolute Gasteiger partial charge is 3.00 e. The van der Waals surface area contributed by atoms with Crippen LogP contribution in [0.4, 0.5) is 0 Å². The van der Waals surface area contributed by atoms with Crippen LogP contribution >= 0.6 is 0 Å². The van der Waals surface area contributed by atoms with Crippen LogP contribution in [-0.4, -0.2) is 73.6 Å². The Balaban J connectivity index is -0.0000000239. The molecule has 0 rings (SSSR count). The predicted octanol–water partition coefficient (Wildman–Crippen LogP) is -3.98. The van der Waals surface area contributed by atoms with Crippen molar-refractivity contribution in [3.05, 3.63) is 0 Å². The van der Waals surface area contributed by atoms with Crippen molar-refractivity contribution in [3.63, 3.8) is 0 Å². The van der Waals surface area contributed by atoms with Gasteiger partial charge in [-0.25, -0.2) is 0 Å². The molecule has 0 aliphatic carbocycles. The van der Waals surface area contributed by atoms with Crippen molar-refractivity contribution in [2.75, 3.05) is 0 Å². The molecule has 16 nitrogen and oxygen atoms in total. The molecule has 0 fully saturated rings. The monoisotopic (exact) mass is 468 g/mol. The molecule has 2 radical (unpaired) electrons. The summed E-state index contributed by atoms with van der Waals surface area (Å²) in [4.78, 5) is 0. The molecule has 0 aliphatic heterocycles. The molecule has 0 aromatic rings. The van der Waals surface area contributed by atoms with E-state index in [4.69, 9.17) is 73.6 Å². The van der Waals surface area contributed by atoms with Gasteiger partial charge in [-0.15, -0.1) is 0 Å². The maximum absolute atomic E-state index is 8.52. The molecule has 0 saturated heterocycles. The Morgan fingerprint density at radius 1 is 0.429 bits per heavy atom. The number of hydrogen-bond acceptors (Lipinski definition) is 16. The molecule has 21 heteroatoms. The second-order valence-electron chi connectivity index (χ2n) is 1.22. The molecule has 0 aromatic heterocycles. The number of rotatable bonds is 0. The minimum Gasteiger partial charge on any atom is -0.759 e. The maximum Gasteiger partial charge on any atom is 3.00 e. The first kappa shape index (κ1) is 43.0. The van der Waals surface area contributed by atoms with E-state index in [1.807, 2.05) is 0 Å². The van der Waals surface area contributed by atoms with E-state index in [9.17, 15) is 0 Å². The van der Waals surface area contributed by atoms with Crippen LogP contribution in [0.2, 0.25) is 0 Å². The summed E-state index contributed by atoms with van der Waals surface area (Å²) in [7, 11) is -15.5. The molecule has 0 saturated carbocycles. The third kappa shape index (κ3) is 29300. The fourth-order valence-electron chi connectivity index (χ4n) is 0. The van der Waals surface area contributed by atoms with E-state index >= 15 is 0 Å². The van der Waals surface area contributed by atoms with Crippen LogP contribution in [0.5, 0.6) is 0 Å². The molecule has 21 heavy (non-hydrogen) atoms. The van der Waals surface area contributed by atoms with Gasteiger partial charge < -0.3 is 27.3 Å². The first-order chi connectivity index (χ1) is 8.00. The zero-order valence-electron chi connectivity index (χ0n) is 8.62. The molecule has 0 aliphatic rings. The van der Waals surface area contributed by atoms with Gasteiger partial charge in [-0.3, -0.25) is 46.3 Å². The van der Waals surface area contributed by atoms with Crippen LogP contribution in [0, 0.1) is 0 Å². The second kappa shape index (κ2) is 22.8. The third-order valence-corrected chi connectivity index (χ3v) is 0. The second-order valence-corrected chi connectivity index (χ2v) is 3.67. The van der Waals surface area contributed by atoms with E-state index in [0.717, 1.165) is 0 Å². The summed E-state index contributed by atoms with van der Waals surface area (Å²) in [6, 6.07) is 0. The van der Waals surface area contributed by atoms with Crippen LogP contribution in [0.1, 0.15) is 0 Å². The number of hydrogen-bond donors (Lipinski definition) is 4. The Hall–Kier alpha value is 0.489. The average Bonchev–Trinajstić information content (AvgIpc) is 2.01. The molecular formula is H4Fe2O16S3. The van der Waals surface area contributed by atoms with Crippen LogP contribution in [-0.2, 0) is 65.3 Å². The van der Waals surface area contributed by atoms with Crippen molar-refractivity contribution >= 4 is 31.2 Å². The minimum atomic E-state index is -5.17. The van der Waals surface area contributed by atoms with Crippen molar-refractivity contribution < 1.29 is 108 Å². The quantitative estimate of drug-likeness (QED) is 0.0865. The Morgan fingerprint density at radius 3 is 0.429 bits per heavy atom. The maximum atomic E-state index is 8.52. The molecule has 0 spiro atoms. The summed E-state index contributed by atoms with van der Waals surface area (Å²) >= 11 is 0. The predicted molar refractivity (Wildman–Crippen MR) is 41.9 cm³/mol. The van der Waals surface area contributed by atoms with Gasteiger partial charge in [0.05, 0.1) is 0 Å². The molecule has 0 aromatic carbocycles. The molecule has 0 atom stereocenters. The minimum absolute atomic E-state index is 0. The third-order valence-electron chi connectivity index (χ3n) is 0.